The molecule has 0 aliphatic carbocycles. The molecule has 0 aromatic rings. The Morgan fingerprint density at radius 2 is 2.50 bits per heavy atom. The molecule has 0 radical (unpaired) electrons. The smallest absolute Gasteiger partial charge is 0.0535 e. The molecule has 1 atom stereocenters. The molecule has 0 aromatic heterocycles. The van der Waals surface area contributed by atoms with Crippen LogP contribution in [0.1, 0.15) is 30.7 Å². The predicted octanol–water partition coefficient (Wildman–Crippen LogP) is 1.17. The molecular formula is C5H12O. The summed E-state index contributed by atoms with van der Waals surface area (Å²) in [6, 6.07) is 0. The average Bonchev–Trinajstić information content (AvgIpc) is 1.62. The van der Waals surface area contributed by atoms with Crippen molar-refractivity contribution in [3.05, 3.63) is 0 Å². The molecule has 38 valence electrons. The van der Waals surface area contributed by atoms with Crippen LogP contribution in [0, 0.1) is 0 Å². The van der Waals surface area contributed by atoms with E-state index < -0.39 is 13.0 Å². The van der Waals surface area contributed by atoms with Crippen LogP contribution in [-0.2, 0) is 0 Å². The first-order valence-corrected chi connectivity index (χ1v) is 2.14. The average molecular weight is 91.2 g/mol. The summed E-state index contributed by atoms with van der Waals surface area (Å²) in [5.41, 5.74) is 0. The summed E-state index contributed by atoms with van der Waals surface area (Å²) in [6.07, 6.45) is -0.250. The molecule has 0 aliphatic heterocycles. The van der Waals surface area contributed by atoms with Gasteiger partial charge in [0.25, 0.3) is 0 Å². The highest BCUT2D eigenvalue weighted by atomic mass is 16.3. The highest BCUT2D eigenvalue weighted by Gasteiger charge is 1.90. The van der Waals surface area contributed by atoms with Crippen LogP contribution in [0.2, 0.25) is 0 Å². The zero-order chi connectivity index (χ0) is 7.49. The van der Waals surface area contributed by atoms with Crippen molar-refractivity contribution in [2.45, 2.75) is 32.7 Å². The van der Waals surface area contributed by atoms with E-state index >= 15 is 0 Å². The van der Waals surface area contributed by atoms with Crippen LogP contribution in [0.15, 0.2) is 0 Å². The van der Waals surface area contributed by atoms with Crippen molar-refractivity contribution in [1.29, 1.82) is 0 Å². The van der Waals surface area contributed by atoms with Crippen molar-refractivity contribution in [2.75, 3.05) is 0 Å². The fourth-order valence-corrected chi connectivity index (χ4v) is 0.144. The summed E-state index contributed by atoms with van der Waals surface area (Å²) in [5, 5.41) is 8.83. The zero-order valence-electron chi connectivity index (χ0n) is 6.94. The number of rotatable bonds is 2. The van der Waals surface area contributed by atoms with Gasteiger partial charge in [0.05, 0.1) is 6.10 Å². The molecule has 1 N–H and O–H groups in total. The maximum absolute atomic E-state index is 8.83. The Morgan fingerprint density at radius 1 is 1.83 bits per heavy atom. The minimum atomic E-state index is -1.98. The minimum Gasteiger partial charge on any atom is -0.393 e. The number of hydrogen-bond acceptors (Lipinski definition) is 1. The molecule has 1 unspecified atom stereocenters. The third-order valence-electron chi connectivity index (χ3n) is 0.707. The molecule has 0 fully saturated rings. The van der Waals surface area contributed by atoms with Crippen LogP contribution in [0.3, 0.4) is 0 Å². The highest BCUT2D eigenvalue weighted by Crippen LogP contribution is 1.91. The lowest BCUT2D eigenvalue weighted by Gasteiger charge is -1.98. The maximum atomic E-state index is 8.83. The molecule has 0 spiro atoms. The van der Waals surface area contributed by atoms with Gasteiger partial charge >= 0.3 is 0 Å². The van der Waals surface area contributed by atoms with Gasteiger partial charge in [0.15, 0.2) is 0 Å². The van der Waals surface area contributed by atoms with Crippen LogP contribution >= 0.6 is 0 Å². The van der Waals surface area contributed by atoms with Gasteiger partial charge in [-0.3, -0.25) is 0 Å². The molecule has 0 aliphatic rings. The third-order valence-corrected chi connectivity index (χ3v) is 0.707. The van der Waals surface area contributed by atoms with Gasteiger partial charge < -0.3 is 5.11 Å². The van der Waals surface area contributed by atoms with Crippen molar-refractivity contribution in [1.82, 2.24) is 0 Å². The number of aliphatic hydroxyl groups excluding tert-OH is 1. The summed E-state index contributed by atoms with van der Waals surface area (Å²) in [5.74, 6) is 0. The molecule has 0 rings (SSSR count). The Hall–Kier alpha value is -0.0400. The quantitative estimate of drug-likeness (QED) is 0.540. The number of aliphatic hydroxyl groups is 1. The molecule has 0 saturated heterocycles. The van der Waals surface area contributed by atoms with E-state index in [0.29, 0.717) is 6.42 Å². The van der Waals surface area contributed by atoms with E-state index in [9.17, 15) is 0 Å². The van der Waals surface area contributed by atoms with Gasteiger partial charge in [0.1, 0.15) is 0 Å². The summed E-state index contributed by atoms with van der Waals surface area (Å²) >= 11 is 0. The lowest BCUT2D eigenvalue weighted by atomic mass is 10.2. The minimum absolute atomic E-state index is 0.0938. The van der Waals surface area contributed by atoms with Gasteiger partial charge in [0.2, 0.25) is 0 Å². The molecule has 0 aromatic carbocycles. The first-order chi connectivity index (χ1) is 3.95. The van der Waals surface area contributed by atoms with E-state index in [-0.39, 0.29) is 6.42 Å². The zero-order valence-corrected chi connectivity index (χ0v) is 3.94. The standard InChI is InChI=1S/C5H12O/c1-3-5(6)4-2/h5-6H,3-4H2,1-2H3/i1D3. The molecule has 0 bridgehead atoms. The van der Waals surface area contributed by atoms with Gasteiger partial charge in [-0.1, -0.05) is 13.8 Å². The summed E-state index contributed by atoms with van der Waals surface area (Å²) < 4.78 is 20.2. The second kappa shape index (κ2) is 3.16. The summed E-state index contributed by atoms with van der Waals surface area (Å²) in [7, 11) is 0. The topological polar surface area (TPSA) is 20.2 Å². The van der Waals surface area contributed by atoms with Crippen LogP contribution < -0.4 is 0 Å². The van der Waals surface area contributed by atoms with Gasteiger partial charge in [-0.2, -0.15) is 0 Å². The Morgan fingerprint density at radius 3 is 2.67 bits per heavy atom. The second-order valence-corrected chi connectivity index (χ2v) is 1.27. The van der Waals surface area contributed by atoms with E-state index in [1.54, 1.807) is 6.92 Å². The molecule has 0 saturated carbocycles. The molecule has 0 heterocycles. The maximum Gasteiger partial charge on any atom is 0.0535 e. The monoisotopic (exact) mass is 91.1 g/mol. The lowest BCUT2D eigenvalue weighted by Crippen LogP contribution is -1.99. The van der Waals surface area contributed by atoms with E-state index in [2.05, 4.69) is 0 Å². The fraction of sp³-hybridized carbons (Fsp3) is 1.00. The van der Waals surface area contributed by atoms with Gasteiger partial charge in [-0.15, -0.1) is 0 Å². The lowest BCUT2D eigenvalue weighted by molar-refractivity contribution is 0.166. The first kappa shape index (κ1) is 2.31. The van der Waals surface area contributed by atoms with Crippen LogP contribution in [0.5, 0.6) is 0 Å². The first-order valence-electron chi connectivity index (χ1n) is 3.64. The highest BCUT2D eigenvalue weighted by molar-refractivity contribution is 4.43. The normalized spacial score (nSPS) is 24.0. The Labute approximate surface area is 43.2 Å². The van der Waals surface area contributed by atoms with Crippen molar-refractivity contribution < 1.29 is 9.22 Å². The van der Waals surface area contributed by atoms with E-state index in [4.69, 9.17) is 9.22 Å². The Balaban J connectivity index is 3.47. The van der Waals surface area contributed by atoms with Crippen LogP contribution in [0.25, 0.3) is 0 Å². The van der Waals surface area contributed by atoms with Crippen molar-refractivity contribution in [2.24, 2.45) is 0 Å². The fourth-order valence-electron chi connectivity index (χ4n) is 0.144. The molecule has 1 heteroatoms. The molecular weight excluding hydrogens is 76.1 g/mol. The SMILES string of the molecule is [2H]C([2H])([2H])CC(O)CC. The van der Waals surface area contributed by atoms with Crippen molar-refractivity contribution in [3.8, 4) is 0 Å². The summed E-state index contributed by atoms with van der Waals surface area (Å²) in [6.45, 7) is -0.216. The van der Waals surface area contributed by atoms with Crippen molar-refractivity contribution >= 4 is 0 Å². The molecule has 1 nitrogen and oxygen atoms in total. The van der Waals surface area contributed by atoms with E-state index in [1.165, 1.54) is 0 Å². The van der Waals surface area contributed by atoms with Gasteiger partial charge in [-0.25, -0.2) is 0 Å². The van der Waals surface area contributed by atoms with E-state index in [1.807, 2.05) is 0 Å². The Kier molecular flexibility index (Phi) is 1.22. The van der Waals surface area contributed by atoms with Crippen LogP contribution in [0.4, 0.5) is 0 Å². The Bertz CT molecular complexity index is 78.8. The van der Waals surface area contributed by atoms with Crippen molar-refractivity contribution in [3.63, 3.8) is 0 Å². The summed E-state index contributed by atoms with van der Waals surface area (Å²) in [4.78, 5) is 0. The van der Waals surface area contributed by atoms with E-state index in [0.717, 1.165) is 0 Å². The number of hydrogen-bond donors (Lipinski definition) is 1. The molecule has 6 heavy (non-hydrogen) atoms. The van der Waals surface area contributed by atoms with Gasteiger partial charge in [0, 0.05) is 4.11 Å². The third kappa shape index (κ3) is 2.21. The molecule has 0 amide bonds. The van der Waals surface area contributed by atoms with Crippen LogP contribution in [-0.4, -0.2) is 11.2 Å². The van der Waals surface area contributed by atoms with Gasteiger partial charge in [-0.05, 0) is 12.8 Å². The largest absolute Gasteiger partial charge is 0.393 e. The predicted molar refractivity (Wildman–Crippen MR) is 26.6 cm³/mol. The second-order valence-electron chi connectivity index (χ2n) is 1.27.